The van der Waals surface area contributed by atoms with Gasteiger partial charge in [0.1, 0.15) is 11.6 Å². The third kappa shape index (κ3) is 7.09. The summed E-state index contributed by atoms with van der Waals surface area (Å²) in [4.78, 5) is 23.8. The highest BCUT2D eigenvalue weighted by atomic mass is 19.1. The Labute approximate surface area is 158 Å². The minimum atomic E-state index is -0.764. The molecule has 0 aromatic heterocycles. The van der Waals surface area contributed by atoms with E-state index in [1.165, 1.54) is 6.07 Å². The highest BCUT2D eigenvalue weighted by molar-refractivity contribution is 6.39. The SMILES string of the molecule is CCCCCOc1ccc(NC(=O)C(=O)NCCc2ccccc2F)cc1. The smallest absolute Gasteiger partial charge is 0.313 e. The summed E-state index contributed by atoms with van der Waals surface area (Å²) in [6.45, 7) is 2.97. The molecule has 0 aliphatic rings. The third-order valence-electron chi connectivity index (χ3n) is 3.97. The van der Waals surface area contributed by atoms with Crippen molar-refractivity contribution in [2.45, 2.75) is 32.6 Å². The average molecular weight is 372 g/mol. The van der Waals surface area contributed by atoms with Crippen LogP contribution in [0.2, 0.25) is 0 Å². The van der Waals surface area contributed by atoms with Crippen molar-refractivity contribution < 1.29 is 18.7 Å². The molecule has 0 saturated carbocycles. The Bertz CT molecular complexity index is 747. The zero-order valence-electron chi connectivity index (χ0n) is 15.5. The highest BCUT2D eigenvalue weighted by Crippen LogP contribution is 2.16. The number of unbranched alkanes of at least 4 members (excludes halogenated alkanes) is 2. The Balaban J connectivity index is 1.73. The molecule has 27 heavy (non-hydrogen) atoms. The van der Waals surface area contributed by atoms with Gasteiger partial charge in [-0.3, -0.25) is 9.59 Å². The summed E-state index contributed by atoms with van der Waals surface area (Å²) in [5.41, 5.74) is 0.998. The quantitative estimate of drug-likeness (QED) is 0.521. The fourth-order valence-corrected chi connectivity index (χ4v) is 2.46. The first-order valence-corrected chi connectivity index (χ1v) is 9.15. The van der Waals surface area contributed by atoms with E-state index in [1.807, 2.05) is 0 Å². The normalized spacial score (nSPS) is 10.3. The molecule has 0 unspecified atom stereocenters. The van der Waals surface area contributed by atoms with Crippen LogP contribution in [0.15, 0.2) is 48.5 Å². The van der Waals surface area contributed by atoms with Crippen LogP contribution in [0.1, 0.15) is 31.7 Å². The molecule has 0 fully saturated rings. The maximum Gasteiger partial charge on any atom is 0.313 e. The maximum absolute atomic E-state index is 13.5. The standard InChI is InChI=1S/C21H25FN2O3/c1-2-3-6-15-27-18-11-9-17(10-12-18)24-21(26)20(25)23-14-13-16-7-4-5-8-19(16)22/h4-5,7-12H,2-3,6,13-15H2,1H3,(H,23,25)(H,24,26). The van der Waals surface area contributed by atoms with Crippen LogP contribution in [-0.4, -0.2) is 25.0 Å². The third-order valence-corrected chi connectivity index (χ3v) is 3.97. The van der Waals surface area contributed by atoms with Crippen LogP contribution in [0.4, 0.5) is 10.1 Å². The van der Waals surface area contributed by atoms with E-state index in [-0.39, 0.29) is 12.4 Å². The fourth-order valence-electron chi connectivity index (χ4n) is 2.46. The number of hydrogen-bond acceptors (Lipinski definition) is 3. The molecule has 2 N–H and O–H groups in total. The van der Waals surface area contributed by atoms with Gasteiger partial charge < -0.3 is 15.4 Å². The van der Waals surface area contributed by atoms with Gasteiger partial charge in [-0.2, -0.15) is 0 Å². The van der Waals surface area contributed by atoms with Gasteiger partial charge in [-0.25, -0.2) is 4.39 Å². The number of anilines is 1. The van der Waals surface area contributed by atoms with E-state index in [9.17, 15) is 14.0 Å². The number of nitrogens with one attached hydrogen (secondary N) is 2. The van der Waals surface area contributed by atoms with Gasteiger partial charge in [0.05, 0.1) is 6.61 Å². The second-order valence-corrected chi connectivity index (χ2v) is 6.13. The lowest BCUT2D eigenvalue weighted by atomic mass is 10.1. The molecular weight excluding hydrogens is 347 g/mol. The first kappa shape index (κ1) is 20.4. The molecule has 2 aromatic carbocycles. The molecule has 0 spiro atoms. The molecule has 144 valence electrons. The molecule has 0 atom stereocenters. The Kier molecular flexibility index (Phi) is 8.29. The molecule has 2 amide bonds. The zero-order valence-corrected chi connectivity index (χ0v) is 15.5. The molecule has 0 bridgehead atoms. The summed E-state index contributed by atoms with van der Waals surface area (Å²) in [5.74, 6) is -1.13. The molecule has 0 radical (unpaired) electrons. The van der Waals surface area contributed by atoms with Crippen LogP contribution < -0.4 is 15.4 Å². The number of carbonyl (C=O) groups excluding carboxylic acids is 2. The molecule has 0 heterocycles. The summed E-state index contributed by atoms with van der Waals surface area (Å²) in [5, 5.41) is 5.01. The lowest BCUT2D eigenvalue weighted by Crippen LogP contribution is -2.36. The van der Waals surface area contributed by atoms with Gasteiger partial charge in [0.25, 0.3) is 0 Å². The topological polar surface area (TPSA) is 67.4 Å². The second-order valence-electron chi connectivity index (χ2n) is 6.13. The minimum absolute atomic E-state index is 0.178. The van der Waals surface area contributed by atoms with E-state index in [0.717, 1.165) is 25.0 Å². The molecule has 0 aliphatic carbocycles. The highest BCUT2D eigenvalue weighted by Gasteiger charge is 2.13. The van der Waals surface area contributed by atoms with Gasteiger partial charge in [0.15, 0.2) is 0 Å². The monoisotopic (exact) mass is 372 g/mol. The lowest BCUT2D eigenvalue weighted by Gasteiger charge is -2.09. The van der Waals surface area contributed by atoms with Crippen molar-refractivity contribution in [2.24, 2.45) is 0 Å². The van der Waals surface area contributed by atoms with Crippen molar-refractivity contribution in [2.75, 3.05) is 18.5 Å². The lowest BCUT2D eigenvalue weighted by molar-refractivity contribution is -0.136. The Morgan fingerprint density at radius 3 is 2.44 bits per heavy atom. The van der Waals surface area contributed by atoms with Crippen LogP contribution in [0.3, 0.4) is 0 Å². The van der Waals surface area contributed by atoms with E-state index in [0.29, 0.717) is 24.3 Å². The maximum atomic E-state index is 13.5. The largest absolute Gasteiger partial charge is 0.494 e. The molecule has 2 rings (SSSR count). The van der Waals surface area contributed by atoms with Crippen LogP contribution in [0.5, 0.6) is 5.75 Å². The van der Waals surface area contributed by atoms with Crippen LogP contribution in [0.25, 0.3) is 0 Å². The predicted molar refractivity (Wildman–Crippen MR) is 103 cm³/mol. The van der Waals surface area contributed by atoms with E-state index < -0.39 is 11.8 Å². The molecule has 5 nitrogen and oxygen atoms in total. The van der Waals surface area contributed by atoms with Crippen molar-refractivity contribution in [3.63, 3.8) is 0 Å². The summed E-state index contributed by atoms with van der Waals surface area (Å²) in [6.07, 6.45) is 3.58. The number of hydrogen-bond donors (Lipinski definition) is 2. The van der Waals surface area contributed by atoms with E-state index in [2.05, 4.69) is 17.6 Å². The van der Waals surface area contributed by atoms with Crippen LogP contribution in [0, 0.1) is 5.82 Å². The van der Waals surface area contributed by atoms with Gasteiger partial charge in [0.2, 0.25) is 0 Å². The Morgan fingerprint density at radius 2 is 1.74 bits per heavy atom. The van der Waals surface area contributed by atoms with Crippen molar-refractivity contribution in [3.05, 3.63) is 59.9 Å². The Morgan fingerprint density at radius 1 is 1.00 bits per heavy atom. The summed E-state index contributed by atoms with van der Waals surface area (Å²) >= 11 is 0. The Hall–Kier alpha value is -2.89. The van der Waals surface area contributed by atoms with Gasteiger partial charge >= 0.3 is 11.8 Å². The van der Waals surface area contributed by atoms with Crippen LogP contribution >= 0.6 is 0 Å². The average Bonchev–Trinajstić information content (AvgIpc) is 2.68. The number of ether oxygens (including phenoxy) is 1. The first-order chi connectivity index (χ1) is 13.1. The molecule has 6 heteroatoms. The number of rotatable bonds is 9. The molecule has 2 aromatic rings. The second kappa shape index (κ2) is 11.0. The molecule has 0 aliphatic heterocycles. The van der Waals surface area contributed by atoms with Crippen molar-refractivity contribution in [3.8, 4) is 5.75 Å². The minimum Gasteiger partial charge on any atom is -0.494 e. The van der Waals surface area contributed by atoms with Gasteiger partial charge in [-0.05, 0) is 48.7 Å². The predicted octanol–water partition coefficient (Wildman–Crippen LogP) is 3.69. The van der Waals surface area contributed by atoms with E-state index >= 15 is 0 Å². The van der Waals surface area contributed by atoms with Crippen molar-refractivity contribution >= 4 is 17.5 Å². The van der Waals surface area contributed by atoms with Crippen molar-refractivity contribution in [1.29, 1.82) is 0 Å². The summed E-state index contributed by atoms with van der Waals surface area (Å²) in [6, 6.07) is 13.2. The van der Waals surface area contributed by atoms with Gasteiger partial charge in [0, 0.05) is 12.2 Å². The first-order valence-electron chi connectivity index (χ1n) is 9.15. The summed E-state index contributed by atoms with van der Waals surface area (Å²) in [7, 11) is 0. The van der Waals surface area contributed by atoms with Crippen molar-refractivity contribution in [1.82, 2.24) is 5.32 Å². The number of amides is 2. The van der Waals surface area contributed by atoms with Gasteiger partial charge in [-0.15, -0.1) is 0 Å². The van der Waals surface area contributed by atoms with Gasteiger partial charge in [-0.1, -0.05) is 38.0 Å². The molecule has 0 saturated heterocycles. The number of benzene rings is 2. The fraction of sp³-hybridized carbons (Fsp3) is 0.333. The van der Waals surface area contributed by atoms with E-state index in [4.69, 9.17) is 4.74 Å². The number of carbonyl (C=O) groups is 2. The number of halogens is 1. The zero-order chi connectivity index (χ0) is 19.5. The molecular formula is C21H25FN2O3. The van der Waals surface area contributed by atoms with E-state index in [1.54, 1.807) is 42.5 Å². The summed E-state index contributed by atoms with van der Waals surface area (Å²) < 4.78 is 19.1. The van der Waals surface area contributed by atoms with Crippen LogP contribution in [-0.2, 0) is 16.0 Å².